The third kappa shape index (κ3) is 4.36. The Morgan fingerprint density at radius 1 is 1.16 bits per heavy atom. The molecule has 0 unspecified atom stereocenters. The summed E-state index contributed by atoms with van der Waals surface area (Å²) in [7, 11) is 0. The van der Waals surface area contributed by atoms with Gasteiger partial charge in [-0.25, -0.2) is 0 Å². The predicted molar refractivity (Wildman–Crippen MR) is 129 cm³/mol. The molecule has 32 heavy (non-hydrogen) atoms. The first-order valence-corrected chi connectivity index (χ1v) is 11.5. The van der Waals surface area contributed by atoms with Crippen LogP contribution in [0.3, 0.4) is 0 Å². The standard InChI is InChI=1S/C25H33N5O2/c1-4-26-11-12-27-24(31)23-17(2)21(28-18(23)3)15-20-19-9-5-6-10-22(19)30(25(20)32)16-29-13-7-8-14-29/h5-6,9-10,15,26,28H,4,7-8,11-14,16H2,1-3H3,(H,27,31). The number of likely N-dealkylation sites (tertiary alicyclic amines) is 1. The van der Waals surface area contributed by atoms with Gasteiger partial charge in [-0.2, -0.15) is 0 Å². The zero-order valence-corrected chi connectivity index (χ0v) is 19.3. The number of nitrogens with one attached hydrogen (secondary N) is 3. The number of benzene rings is 1. The Bertz CT molecular complexity index is 1030. The van der Waals surface area contributed by atoms with E-state index in [4.69, 9.17) is 0 Å². The number of hydrogen-bond donors (Lipinski definition) is 3. The summed E-state index contributed by atoms with van der Waals surface area (Å²) in [5, 5.41) is 6.18. The van der Waals surface area contributed by atoms with Gasteiger partial charge in [0.1, 0.15) is 0 Å². The molecule has 2 aliphatic rings. The van der Waals surface area contributed by atoms with Gasteiger partial charge in [0, 0.05) is 30.0 Å². The predicted octanol–water partition coefficient (Wildman–Crippen LogP) is 2.91. The van der Waals surface area contributed by atoms with Gasteiger partial charge in [-0.15, -0.1) is 0 Å². The molecule has 0 aliphatic carbocycles. The van der Waals surface area contributed by atoms with Crippen LogP contribution in [0.25, 0.3) is 11.6 Å². The van der Waals surface area contributed by atoms with Crippen molar-refractivity contribution >= 4 is 29.2 Å². The number of hydrogen-bond acceptors (Lipinski definition) is 4. The second-order valence-corrected chi connectivity index (χ2v) is 8.55. The van der Waals surface area contributed by atoms with E-state index in [9.17, 15) is 9.59 Å². The van der Waals surface area contributed by atoms with Crippen molar-refractivity contribution in [2.24, 2.45) is 0 Å². The van der Waals surface area contributed by atoms with E-state index < -0.39 is 0 Å². The van der Waals surface area contributed by atoms with E-state index in [1.165, 1.54) is 12.8 Å². The minimum absolute atomic E-state index is 0.0152. The Morgan fingerprint density at radius 2 is 1.91 bits per heavy atom. The number of H-pyrrole nitrogens is 1. The summed E-state index contributed by atoms with van der Waals surface area (Å²) in [6.45, 7) is 10.7. The molecule has 1 saturated heterocycles. The van der Waals surface area contributed by atoms with Crippen molar-refractivity contribution in [2.75, 3.05) is 44.3 Å². The smallest absolute Gasteiger partial charge is 0.260 e. The van der Waals surface area contributed by atoms with Crippen LogP contribution in [-0.2, 0) is 4.79 Å². The number of fused-ring (bicyclic) bond motifs is 1. The average molecular weight is 436 g/mol. The average Bonchev–Trinajstić information content (AvgIpc) is 3.46. The number of likely N-dealkylation sites (N-methyl/N-ethyl adjacent to an activating group) is 1. The number of carbonyl (C=O) groups excluding carboxylic acids is 2. The van der Waals surface area contributed by atoms with Crippen molar-refractivity contribution in [3.63, 3.8) is 0 Å². The summed E-state index contributed by atoms with van der Waals surface area (Å²) in [6.07, 6.45) is 4.28. The molecule has 1 aromatic carbocycles. The molecule has 0 bridgehead atoms. The van der Waals surface area contributed by atoms with E-state index in [0.717, 1.165) is 54.4 Å². The second kappa shape index (κ2) is 9.71. The zero-order valence-electron chi connectivity index (χ0n) is 19.3. The molecule has 4 rings (SSSR count). The molecule has 0 saturated carbocycles. The maximum absolute atomic E-state index is 13.4. The van der Waals surface area contributed by atoms with Crippen LogP contribution >= 0.6 is 0 Å². The van der Waals surface area contributed by atoms with Crippen molar-refractivity contribution in [3.05, 3.63) is 52.3 Å². The van der Waals surface area contributed by atoms with Crippen LogP contribution < -0.4 is 15.5 Å². The molecule has 7 heteroatoms. The van der Waals surface area contributed by atoms with E-state index in [2.05, 4.69) is 20.5 Å². The van der Waals surface area contributed by atoms with Crippen LogP contribution in [0.2, 0.25) is 0 Å². The molecule has 7 nitrogen and oxygen atoms in total. The molecule has 2 aromatic rings. The van der Waals surface area contributed by atoms with Crippen LogP contribution in [0.5, 0.6) is 0 Å². The molecule has 0 spiro atoms. The molecule has 2 aliphatic heterocycles. The number of para-hydroxylation sites is 1. The number of aromatic amines is 1. The number of amides is 2. The highest BCUT2D eigenvalue weighted by molar-refractivity contribution is 6.35. The lowest BCUT2D eigenvalue weighted by molar-refractivity contribution is -0.113. The van der Waals surface area contributed by atoms with Gasteiger partial charge in [-0.3, -0.25) is 19.4 Å². The zero-order chi connectivity index (χ0) is 22.7. The van der Waals surface area contributed by atoms with Gasteiger partial charge in [-0.05, 0) is 64.0 Å². The van der Waals surface area contributed by atoms with Crippen molar-refractivity contribution in [1.29, 1.82) is 0 Å². The minimum atomic E-state index is -0.0902. The number of aromatic nitrogens is 1. The molecule has 1 fully saturated rings. The van der Waals surface area contributed by atoms with Crippen LogP contribution in [0, 0.1) is 13.8 Å². The van der Waals surface area contributed by atoms with Crippen LogP contribution in [-0.4, -0.2) is 61.1 Å². The maximum Gasteiger partial charge on any atom is 0.260 e. The Labute approximate surface area is 189 Å². The molecular weight excluding hydrogens is 402 g/mol. The Hall–Kier alpha value is -2.90. The summed E-state index contributed by atoms with van der Waals surface area (Å²) in [5.41, 5.74) is 5.70. The molecule has 3 N–H and O–H groups in total. The van der Waals surface area contributed by atoms with Gasteiger partial charge in [0.05, 0.1) is 23.5 Å². The van der Waals surface area contributed by atoms with Crippen molar-refractivity contribution in [1.82, 2.24) is 20.5 Å². The van der Waals surface area contributed by atoms with Crippen LogP contribution in [0.15, 0.2) is 24.3 Å². The number of carbonyl (C=O) groups is 2. The third-order valence-electron chi connectivity index (χ3n) is 6.33. The highest BCUT2D eigenvalue weighted by atomic mass is 16.2. The van der Waals surface area contributed by atoms with E-state index in [1.807, 2.05) is 56.0 Å². The van der Waals surface area contributed by atoms with Crippen molar-refractivity contribution < 1.29 is 9.59 Å². The lowest BCUT2D eigenvalue weighted by Gasteiger charge is -2.24. The Balaban J connectivity index is 1.61. The molecule has 0 radical (unpaired) electrons. The van der Waals surface area contributed by atoms with Crippen molar-refractivity contribution in [2.45, 2.75) is 33.6 Å². The normalized spacial score (nSPS) is 17.4. The first kappa shape index (κ1) is 22.3. The van der Waals surface area contributed by atoms with Gasteiger partial charge in [0.2, 0.25) is 0 Å². The highest BCUT2D eigenvalue weighted by Crippen LogP contribution is 2.38. The van der Waals surface area contributed by atoms with Gasteiger partial charge in [0.15, 0.2) is 0 Å². The first-order valence-electron chi connectivity index (χ1n) is 11.5. The van der Waals surface area contributed by atoms with Gasteiger partial charge < -0.3 is 15.6 Å². The summed E-state index contributed by atoms with van der Waals surface area (Å²) < 4.78 is 0. The molecule has 170 valence electrons. The number of aryl methyl sites for hydroxylation is 1. The topological polar surface area (TPSA) is 80.5 Å². The van der Waals surface area contributed by atoms with Gasteiger partial charge in [0.25, 0.3) is 11.8 Å². The number of nitrogens with zero attached hydrogens (tertiary/aromatic N) is 2. The van der Waals surface area contributed by atoms with E-state index >= 15 is 0 Å². The monoisotopic (exact) mass is 435 g/mol. The quantitative estimate of drug-likeness (QED) is 0.440. The SMILES string of the molecule is CCNCCNC(=O)c1c(C)[nH]c(C=C2C(=O)N(CN3CCCC3)c3ccccc32)c1C. The van der Waals surface area contributed by atoms with E-state index in [0.29, 0.717) is 24.4 Å². The molecule has 3 heterocycles. The molecule has 1 aromatic heterocycles. The number of anilines is 1. The highest BCUT2D eigenvalue weighted by Gasteiger charge is 2.34. The van der Waals surface area contributed by atoms with Gasteiger partial charge in [-0.1, -0.05) is 25.1 Å². The summed E-state index contributed by atoms with van der Waals surface area (Å²) in [6, 6.07) is 7.96. The fourth-order valence-corrected chi connectivity index (χ4v) is 4.64. The molecular formula is C25H33N5O2. The summed E-state index contributed by atoms with van der Waals surface area (Å²) in [5.74, 6) is -0.0750. The Morgan fingerprint density at radius 3 is 2.66 bits per heavy atom. The fourth-order valence-electron chi connectivity index (χ4n) is 4.64. The second-order valence-electron chi connectivity index (χ2n) is 8.55. The third-order valence-corrected chi connectivity index (χ3v) is 6.33. The lowest BCUT2D eigenvalue weighted by Crippen LogP contribution is -2.38. The summed E-state index contributed by atoms with van der Waals surface area (Å²) >= 11 is 0. The molecule has 0 atom stereocenters. The number of rotatable bonds is 8. The maximum atomic E-state index is 13.4. The van der Waals surface area contributed by atoms with Crippen LogP contribution in [0.4, 0.5) is 5.69 Å². The van der Waals surface area contributed by atoms with E-state index in [1.54, 1.807) is 0 Å². The largest absolute Gasteiger partial charge is 0.358 e. The fraction of sp³-hybridized carbons (Fsp3) is 0.440. The van der Waals surface area contributed by atoms with E-state index in [-0.39, 0.29) is 11.8 Å². The summed E-state index contributed by atoms with van der Waals surface area (Å²) in [4.78, 5) is 33.7. The minimum Gasteiger partial charge on any atom is -0.358 e. The van der Waals surface area contributed by atoms with Crippen LogP contribution in [0.1, 0.15) is 52.6 Å². The van der Waals surface area contributed by atoms with Crippen molar-refractivity contribution in [3.8, 4) is 0 Å². The first-order chi connectivity index (χ1) is 15.5. The van der Waals surface area contributed by atoms with Gasteiger partial charge >= 0.3 is 0 Å². The Kier molecular flexibility index (Phi) is 6.77. The molecule has 2 amide bonds. The lowest BCUT2D eigenvalue weighted by atomic mass is 10.0.